The van der Waals surface area contributed by atoms with Crippen molar-refractivity contribution in [3.8, 4) is 23.3 Å². The zero-order valence-corrected chi connectivity index (χ0v) is 16.6. The minimum Gasteiger partial charge on any atom is -0.464 e. The Balaban J connectivity index is 2.21. The van der Waals surface area contributed by atoms with Gasteiger partial charge >= 0.3 is 5.97 Å². The van der Waals surface area contributed by atoms with Crippen LogP contribution in [0.1, 0.15) is 21.6 Å². The molecular weight excluding hydrogens is 412 g/mol. The van der Waals surface area contributed by atoms with E-state index >= 15 is 0 Å². The average Bonchev–Trinajstić information content (AvgIpc) is 3.06. The number of nitrogens with two attached hydrogens (primary N) is 1. The standard InChI is InChI=1S/C20H15ClN4O5/c1-11-4-3-5-16(21)19(11)30-15-7-13(6-14(8-15)25(27)28)24-10-12(9-22)17(23)18(24)20(26)29-2/h3-8,10H,23H2,1-2H3. The fourth-order valence-electron chi connectivity index (χ4n) is 2.85. The topological polar surface area (TPSA) is 133 Å². The average molecular weight is 427 g/mol. The second kappa shape index (κ2) is 8.14. The number of hydrogen-bond donors (Lipinski definition) is 1. The number of esters is 1. The maximum absolute atomic E-state index is 12.2. The number of nitro groups is 1. The van der Waals surface area contributed by atoms with Gasteiger partial charge in [-0.2, -0.15) is 5.26 Å². The predicted molar refractivity (Wildman–Crippen MR) is 109 cm³/mol. The van der Waals surface area contributed by atoms with E-state index in [2.05, 4.69) is 0 Å². The van der Waals surface area contributed by atoms with Gasteiger partial charge in [-0.3, -0.25) is 10.1 Å². The fourth-order valence-corrected chi connectivity index (χ4v) is 3.11. The molecule has 0 amide bonds. The lowest BCUT2D eigenvalue weighted by molar-refractivity contribution is -0.384. The number of nitrogen functional groups attached to an aromatic ring is 1. The quantitative estimate of drug-likeness (QED) is 0.363. The first-order chi connectivity index (χ1) is 14.3. The van der Waals surface area contributed by atoms with Crippen molar-refractivity contribution >= 4 is 28.9 Å². The van der Waals surface area contributed by atoms with Crippen LogP contribution in [0, 0.1) is 28.4 Å². The monoisotopic (exact) mass is 426 g/mol. The van der Waals surface area contributed by atoms with Gasteiger partial charge in [-0.15, -0.1) is 0 Å². The predicted octanol–water partition coefficient (Wildman–Crippen LogP) is 4.38. The summed E-state index contributed by atoms with van der Waals surface area (Å²) in [6.45, 7) is 1.78. The molecule has 0 atom stereocenters. The molecule has 10 heteroatoms. The van der Waals surface area contributed by atoms with E-state index in [9.17, 15) is 20.2 Å². The number of carbonyl (C=O) groups is 1. The number of aromatic nitrogens is 1. The van der Waals surface area contributed by atoms with Gasteiger partial charge in [0.15, 0.2) is 5.69 Å². The number of rotatable bonds is 5. The summed E-state index contributed by atoms with van der Waals surface area (Å²) in [6, 6.07) is 10.9. The molecule has 9 nitrogen and oxygen atoms in total. The number of nitrogens with zero attached hydrogens (tertiary/aromatic N) is 3. The number of benzene rings is 2. The van der Waals surface area contributed by atoms with Crippen molar-refractivity contribution in [1.82, 2.24) is 4.57 Å². The molecule has 3 aromatic rings. The molecular formula is C20H15ClN4O5. The van der Waals surface area contributed by atoms with Gasteiger partial charge in [-0.25, -0.2) is 4.79 Å². The van der Waals surface area contributed by atoms with Crippen molar-refractivity contribution in [3.63, 3.8) is 0 Å². The van der Waals surface area contributed by atoms with Crippen LogP contribution in [0.3, 0.4) is 0 Å². The summed E-state index contributed by atoms with van der Waals surface area (Å²) in [7, 11) is 1.16. The van der Waals surface area contributed by atoms with Gasteiger partial charge in [0.25, 0.3) is 5.69 Å². The maximum Gasteiger partial charge on any atom is 0.357 e. The van der Waals surface area contributed by atoms with E-state index in [1.54, 1.807) is 25.1 Å². The minimum absolute atomic E-state index is 0.0197. The molecule has 0 aliphatic rings. The van der Waals surface area contributed by atoms with Crippen LogP contribution < -0.4 is 10.5 Å². The summed E-state index contributed by atoms with van der Waals surface area (Å²) in [5.41, 5.74) is 6.30. The normalized spacial score (nSPS) is 10.3. The Morgan fingerprint density at radius 2 is 2.07 bits per heavy atom. The lowest BCUT2D eigenvalue weighted by Crippen LogP contribution is -2.11. The number of carbonyl (C=O) groups excluding carboxylic acids is 1. The van der Waals surface area contributed by atoms with Crippen LogP contribution in [-0.4, -0.2) is 22.6 Å². The largest absolute Gasteiger partial charge is 0.464 e. The first-order valence-corrected chi connectivity index (χ1v) is 8.86. The van der Waals surface area contributed by atoms with Crippen LogP contribution in [-0.2, 0) is 4.74 Å². The number of para-hydroxylation sites is 1. The summed E-state index contributed by atoms with van der Waals surface area (Å²) >= 11 is 6.19. The molecule has 0 spiro atoms. The van der Waals surface area contributed by atoms with Crippen LogP contribution in [0.5, 0.6) is 11.5 Å². The molecule has 2 aromatic carbocycles. The van der Waals surface area contributed by atoms with E-state index in [4.69, 9.17) is 26.8 Å². The fraction of sp³-hybridized carbons (Fsp3) is 0.100. The molecule has 0 bridgehead atoms. The maximum atomic E-state index is 12.2. The lowest BCUT2D eigenvalue weighted by Gasteiger charge is -2.13. The zero-order chi connectivity index (χ0) is 22.0. The number of methoxy groups -OCH3 is 1. The molecule has 2 N–H and O–H groups in total. The molecule has 0 unspecified atom stereocenters. The third-order valence-electron chi connectivity index (χ3n) is 4.29. The molecule has 1 heterocycles. The summed E-state index contributed by atoms with van der Waals surface area (Å²) in [4.78, 5) is 23.1. The Morgan fingerprint density at radius 1 is 1.33 bits per heavy atom. The molecule has 30 heavy (non-hydrogen) atoms. The highest BCUT2D eigenvalue weighted by Crippen LogP contribution is 2.36. The third kappa shape index (κ3) is 3.76. The third-order valence-corrected chi connectivity index (χ3v) is 4.59. The van der Waals surface area contributed by atoms with Crippen LogP contribution >= 0.6 is 11.6 Å². The van der Waals surface area contributed by atoms with Crippen LogP contribution in [0.15, 0.2) is 42.6 Å². The Labute approximate surface area is 176 Å². The number of halogens is 1. The highest BCUT2D eigenvalue weighted by atomic mass is 35.5. The van der Waals surface area contributed by atoms with Crippen molar-refractivity contribution < 1.29 is 19.2 Å². The summed E-state index contributed by atoms with van der Waals surface area (Å²) < 4.78 is 11.8. The van der Waals surface area contributed by atoms with E-state index < -0.39 is 10.9 Å². The van der Waals surface area contributed by atoms with E-state index in [1.165, 1.54) is 29.0 Å². The lowest BCUT2D eigenvalue weighted by atomic mass is 10.2. The number of nitro benzene ring substituents is 1. The second-order valence-electron chi connectivity index (χ2n) is 6.21. The number of anilines is 1. The van der Waals surface area contributed by atoms with Crippen molar-refractivity contribution in [3.05, 3.63) is 74.6 Å². The number of aryl methyl sites for hydroxylation is 1. The molecule has 0 aliphatic carbocycles. The van der Waals surface area contributed by atoms with E-state index in [1.807, 2.05) is 6.07 Å². The van der Waals surface area contributed by atoms with Gasteiger partial charge in [0.2, 0.25) is 0 Å². The highest BCUT2D eigenvalue weighted by Gasteiger charge is 2.23. The number of hydrogen-bond acceptors (Lipinski definition) is 7. The molecule has 0 saturated carbocycles. The van der Waals surface area contributed by atoms with Crippen molar-refractivity contribution in [2.75, 3.05) is 12.8 Å². The molecule has 1 aromatic heterocycles. The van der Waals surface area contributed by atoms with Crippen LogP contribution in [0.2, 0.25) is 5.02 Å². The summed E-state index contributed by atoms with van der Waals surface area (Å²) in [5, 5.41) is 21.1. The number of non-ortho nitro benzene ring substituents is 1. The molecule has 0 fully saturated rings. The Bertz CT molecular complexity index is 1190. The molecule has 3 rings (SSSR count). The second-order valence-corrected chi connectivity index (χ2v) is 6.62. The summed E-state index contributed by atoms with van der Waals surface area (Å²) in [5.74, 6) is -0.356. The van der Waals surface area contributed by atoms with Gasteiger partial charge in [-0.05, 0) is 18.6 Å². The SMILES string of the molecule is COC(=O)c1c(N)c(C#N)cn1-c1cc(Oc2c(C)cccc2Cl)cc([N+](=O)[O-])c1. The van der Waals surface area contributed by atoms with Gasteiger partial charge in [0, 0.05) is 18.3 Å². The minimum atomic E-state index is -0.801. The Hall–Kier alpha value is -4.03. The van der Waals surface area contributed by atoms with Crippen molar-refractivity contribution in [1.29, 1.82) is 5.26 Å². The van der Waals surface area contributed by atoms with E-state index in [0.29, 0.717) is 10.8 Å². The number of ether oxygens (including phenoxy) is 2. The van der Waals surface area contributed by atoms with Gasteiger partial charge in [-0.1, -0.05) is 23.7 Å². The molecule has 0 aliphatic heterocycles. The van der Waals surface area contributed by atoms with Crippen molar-refractivity contribution in [2.24, 2.45) is 0 Å². The molecule has 0 radical (unpaired) electrons. The van der Waals surface area contributed by atoms with E-state index in [0.717, 1.165) is 12.7 Å². The first kappa shape index (κ1) is 20.7. The Kier molecular flexibility index (Phi) is 5.62. The van der Waals surface area contributed by atoms with Crippen LogP contribution in [0.25, 0.3) is 5.69 Å². The molecule has 152 valence electrons. The van der Waals surface area contributed by atoms with Gasteiger partial charge in [0.1, 0.15) is 17.6 Å². The first-order valence-electron chi connectivity index (χ1n) is 8.48. The highest BCUT2D eigenvalue weighted by molar-refractivity contribution is 6.32. The zero-order valence-electron chi connectivity index (χ0n) is 15.9. The summed E-state index contributed by atoms with van der Waals surface area (Å²) in [6.07, 6.45) is 1.30. The van der Waals surface area contributed by atoms with Crippen LogP contribution in [0.4, 0.5) is 11.4 Å². The smallest absolute Gasteiger partial charge is 0.357 e. The number of nitriles is 1. The van der Waals surface area contributed by atoms with Gasteiger partial charge < -0.3 is 19.8 Å². The molecule has 0 saturated heterocycles. The van der Waals surface area contributed by atoms with Gasteiger partial charge in [0.05, 0.1) is 40.1 Å². The Morgan fingerprint density at radius 3 is 2.67 bits per heavy atom. The van der Waals surface area contributed by atoms with E-state index in [-0.39, 0.29) is 34.1 Å². The van der Waals surface area contributed by atoms with Crippen molar-refractivity contribution in [2.45, 2.75) is 6.92 Å².